The highest BCUT2D eigenvalue weighted by Gasteiger charge is 2.17. The van der Waals surface area contributed by atoms with E-state index in [0.717, 1.165) is 22.0 Å². The predicted molar refractivity (Wildman–Crippen MR) is 79.3 cm³/mol. The molecule has 0 fully saturated rings. The molecule has 102 valence electrons. The van der Waals surface area contributed by atoms with Crippen LogP contribution in [0.2, 0.25) is 0 Å². The van der Waals surface area contributed by atoms with Gasteiger partial charge in [0.2, 0.25) is 0 Å². The topological polar surface area (TPSA) is 24.9 Å². The molecule has 0 amide bonds. The van der Waals surface area contributed by atoms with Crippen molar-refractivity contribution in [2.45, 2.75) is 39.7 Å². The molecule has 1 aromatic heterocycles. The van der Waals surface area contributed by atoms with Crippen molar-refractivity contribution in [1.82, 2.24) is 4.98 Å². The lowest BCUT2D eigenvalue weighted by Crippen LogP contribution is -2.11. The third kappa shape index (κ3) is 3.77. The summed E-state index contributed by atoms with van der Waals surface area (Å²) < 4.78 is 13.3. The first-order valence-corrected chi connectivity index (χ1v) is 7.18. The second-order valence-corrected chi connectivity index (χ2v) is 6.69. The molecule has 0 saturated carbocycles. The Morgan fingerprint density at radius 2 is 2.00 bits per heavy atom. The van der Waals surface area contributed by atoms with Crippen LogP contribution in [0.25, 0.3) is 0 Å². The van der Waals surface area contributed by atoms with Crippen LogP contribution in [0.5, 0.6) is 0 Å². The van der Waals surface area contributed by atoms with Gasteiger partial charge in [-0.3, -0.25) is 0 Å². The fourth-order valence-electron chi connectivity index (χ4n) is 1.75. The molecule has 19 heavy (non-hydrogen) atoms. The minimum absolute atomic E-state index is 0.0736. The Morgan fingerprint density at radius 1 is 1.26 bits per heavy atom. The molecule has 0 radical (unpaired) electrons. The van der Waals surface area contributed by atoms with E-state index in [1.54, 1.807) is 11.3 Å². The van der Waals surface area contributed by atoms with Gasteiger partial charge in [-0.05, 0) is 30.7 Å². The number of halogens is 1. The predicted octanol–water partition coefficient (Wildman–Crippen LogP) is 4.50. The Kier molecular flexibility index (Phi) is 3.90. The Bertz CT molecular complexity index is 550. The van der Waals surface area contributed by atoms with Crippen LogP contribution in [-0.4, -0.2) is 4.98 Å². The number of benzene rings is 1. The van der Waals surface area contributed by atoms with E-state index in [1.165, 1.54) is 12.1 Å². The van der Waals surface area contributed by atoms with Crippen molar-refractivity contribution < 1.29 is 4.39 Å². The summed E-state index contributed by atoms with van der Waals surface area (Å²) in [5, 5.41) is 6.33. The van der Waals surface area contributed by atoms with Gasteiger partial charge in [-0.2, -0.15) is 0 Å². The number of thiazole rings is 1. The number of hydrogen-bond donors (Lipinski definition) is 1. The van der Waals surface area contributed by atoms with Gasteiger partial charge in [0.1, 0.15) is 10.8 Å². The first kappa shape index (κ1) is 14.0. The Hall–Kier alpha value is -1.42. The molecule has 0 bridgehead atoms. The molecular weight excluding hydrogens is 259 g/mol. The molecule has 4 heteroatoms. The van der Waals surface area contributed by atoms with Gasteiger partial charge >= 0.3 is 0 Å². The number of rotatable bonds is 3. The smallest absolute Gasteiger partial charge is 0.125 e. The molecule has 0 atom stereocenters. The third-order valence-electron chi connectivity index (χ3n) is 2.81. The van der Waals surface area contributed by atoms with E-state index in [1.807, 2.05) is 13.0 Å². The van der Waals surface area contributed by atoms with E-state index in [-0.39, 0.29) is 11.2 Å². The zero-order valence-electron chi connectivity index (χ0n) is 11.7. The summed E-state index contributed by atoms with van der Waals surface area (Å²) in [6, 6.07) is 4.96. The molecule has 0 saturated heterocycles. The molecular formula is C15H19FN2S. The van der Waals surface area contributed by atoms with Crippen LogP contribution in [0, 0.1) is 12.7 Å². The van der Waals surface area contributed by atoms with Crippen molar-refractivity contribution in [3.63, 3.8) is 0 Å². The molecule has 2 aromatic rings. The molecule has 1 aromatic carbocycles. The van der Waals surface area contributed by atoms with Crippen LogP contribution in [-0.2, 0) is 12.0 Å². The van der Waals surface area contributed by atoms with Crippen LogP contribution in [0.1, 0.15) is 37.0 Å². The molecule has 1 heterocycles. The average Bonchev–Trinajstić information content (AvgIpc) is 2.73. The molecule has 0 aliphatic heterocycles. The van der Waals surface area contributed by atoms with Crippen LogP contribution in [0.3, 0.4) is 0 Å². The SMILES string of the molecule is Cc1cc(F)cc(NCc2nc(C(C)(C)C)cs2)c1. The second-order valence-electron chi connectivity index (χ2n) is 5.75. The number of nitrogens with zero attached hydrogens (tertiary/aromatic N) is 1. The maximum absolute atomic E-state index is 13.3. The maximum atomic E-state index is 13.3. The summed E-state index contributed by atoms with van der Waals surface area (Å²) in [6.07, 6.45) is 0. The lowest BCUT2D eigenvalue weighted by molar-refractivity contribution is 0.571. The summed E-state index contributed by atoms with van der Waals surface area (Å²) in [7, 11) is 0. The van der Waals surface area contributed by atoms with E-state index in [2.05, 4.69) is 36.5 Å². The zero-order chi connectivity index (χ0) is 14.0. The summed E-state index contributed by atoms with van der Waals surface area (Å²) in [6.45, 7) is 8.96. The second kappa shape index (κ2) is 5.29. The van der Waals surface area contributed by atoms with Crippen molar-refractivity contribution in [2.24, 2.45) is 0 Å². The fourth-order valence-corrected chi connectivity index (χ4v) is 2.71. The average molecular weight is 278 g/mol. The third-order valence-corrected chi connectivity index (χ3v) is 3.65. The fraction of sp³-hybridized carbons (Fsp3) is 0.400. The molecule has 2 nitrogen and oxygen atoms in total. The van der Waals surface area contributed by atoms with Crippen molar-refractivity contribution in [3.8, 4) is 0 Å². The van der Waals surface area contributed by atoms with Crippen LogP contribution < -0.4 is 5.32 Å². The highest BCUT2D eigenvalue weighted by Crippen LogP contribution is 2.24. The lowest BCUT2D eigenvalue weighted by Gasteiger charge is -2.14. The summed E-state index contributed by atoms with van der Waals surface area (Å²) in [5.74, 6) is -0.211. The van der Waals surface area contributed by atoms with Gasteiger partial charge in [-0.15, -0.1) is 11.3 Å². The summed E-state index contributed by atoms with van der Waals surface area (Å²) in [4.78, 5) is 4.60. The van der Waals surface area contributed by atoms with Gasteiger partial charge in [0.25, 0.3) is 0 Å². The van der Waals surface area contributed by atoms with Crippen molar-refractivity contribution in [1.29, 1.82) is 0 Å². The number of aromatic nitrogens is 1. The number of anilines is 1. The summed E-state index contributed by atoms with van der Waals surface area (Å²) in [5.41, 5.74) is 2.89. The van der Waals surface area contributed by atoms with E-state index in [4.69, 9.17) is 0 Å². The van der Waals surface area contributed by atoms with Gasteiger partial charge in [0, 0.05) is 16.5 Å². The molecule has 0 spiro atoms. The van der Waals surface area contributed by atoms with Crippen LogP contribution in [0.15, 0.2) is 23.6 Å². The molecule has 2 rings (SSSR count). The van der Waals surface area contributed by atoms with E-state index in [9.17, 15) is 4.39 Å². The molecule has 0 unspecified atom stereocenters. The number of nitrogens with one attached hydrogen (secondary N) is 1. The van der Waals surface area contributed by atoms with E-state index >= 15 is 0 Å². The van der Waals surface area contributed by atoms with Gasteiger partial charge in [0.05, 0.1) is 12.2 Å². The van der Waals surface area contributed by atoms with Gasteiger partial charge in [-0.1, -0.05) is 20.8 Å². The first-order chi connectivity index (χ1) is 8.84. The zero-order valence-corrected chi connectivity index (χ0v) is 12.6. The highest BCUT2D eigenvalue weighted by molar-refractivity contribution is 7.09. The molecule has 0 aliphatic rings. The van der Waals surface area contributed by atoms with Crippen molar-refractivity contribution in [2.75, 3.05) is 5.32 Å². The largest absolute Gasteiger partial charge is 0.378 e. The van der Waals surface area contributed by atoms with Crippen molar-refractivity contribution in [3.05, 3.63) is 45.7 Å². The standard InChI is InChI=1S/C15H19FN2S/c1-10-5-11(16)7-12(6-10)17-8-14-18-13(9-19-14)15(2,3)4/h5-7,9,17H,8H2,1-4H3. The Balaban J connectivity index is 2.04. The molecule has 0 aliphatic carbocycles. The van der Waals surface area contributed by atoms with E-state index in [0.29, 0.717) is 6.54 Å². The van der Waals surface area contributed by atoms with Crippen molar-refractivity contribution >= 4 is 17.0 Å². The van der Waals surface area contributed by atoms with Gasteiger partial charge in [0.15, 0.2) is 0 Å². The normalized spacial score (nSPS) is 11.6. The van der Waals surface area contributed by atoms with Gasteiger partial charge < -0.3 is 5.32 Å². The minimum Gasteiger partial charge on any atom is -0.378 e. The highest BCUT2D eigenvalue weighted by atomic mass is 32.1. The lowest BCUT2D eigenvalue weighted by atomic mass is 9.93. The van der Waals surface area contributed by atoms with Crippen LogP contribution in [0.4, 0.5) is 10.1 Å². The quantitative estimate of drug-likeness (QED) is 0.894. The van der Waals surface area contributed by atoms with Crippen LogP contribution >= 0.6 is 11.3 Å². The number of aryl methyl sites for hydroxylation is 1. The van der Waals surface area contributed by atoms with E-state index < -0.39 is 0 Å². The Morgan fingerprint density at radius 3 is 2.58 bits per heavy atom. The first-order valence-electron chi connectivity index (χ1n) is 6.30. The monoisotopic (exact) mass is 278 g/mol. The summed E-state index contributed by atoms with van der Waals surface area (Å²) >= 11 is 1.64. The maximum Gasteiger partial charge on any atom is 0.125 e. The minimum atomic E-state index is -0.211. The van der Waals surface area contributed by atoms with Gasteiger partial charge in [-0.25, -0.2) is 9.37 Å². The Labute approximate surface area is 117 Å². The molecule has 1 N–H and O–H groups in total. The number of hydrogen-bond acceptors (Lipinski definition) is 3.